The minimum atomic E-state index is -1.16. The smallest absolute Gasteiger partial charge is 0.349 e. The number of carbonyl (C=O) groups excluding carboxylic acids is 1. The molecule has 0 fully saturated rings. The van der Waals surface area contributed by atoms with Gasteiger partial charge < -0.3 is 14.2 Å². The van der Waals surface area contributed by atoms with Crippen LogP contribution in [0.1, 0.15) is 26.3 Å². The van der Waals surface area contributed by atoms with E-state index >= 15 is 0 Å². The fourth-order valence-electron chi connectivity index (χ4n) is 2.35. The third-order valence-corrected chi connectivity index (χ3v) is 3.73. The number of esters is 1. The molecule has 0 aliphatic carbocycles. The number of aryl methyl sites for hydroxylation is 1. The van der Waals surface area contributed by atoms with Crippen molar-refractivity contribution < 1.29 is 23.9 Å². The Kier molecular flexibility index (Phi) is 6.21. The van der Waals surface area contributed by atoms with Crippen molar-refractivity contribution in [2.45, 2.75) is 33.3 Å². The van der Waals surface area contributed by atoms with Crippen LogP contribution in [-0.4, -0.2) is 23.1 Å². The third-order valence-electron chi connectivity index (χ3n) is 3.73. The van der Waals surface area contributed by atoms with E-state index in [1.807, 2.05) is 0 Å². The fraction of sp³-hybridized carbons (Fsp3) is 0.300. The van der Waals surface area contributed by atoms with E-state index in [0.717, 1.165) is 0 Å². The molecule has 28 heavy (non-hydrogen) atoms. The monoisotopic (exact) mass is 384 g/mol. The Labute approximate surface area is 162 Å². The van der Waals surface area contributed by atoms with Gasteiger partial charge in [0.2, 0.25) is 0 Å². The van der Waals surface area contributed by atoms with E-state index in [9.17, 15) is 14.9 Å². The predicted molar refractivity (Wildman–Crippen MR) is 102 cm³/mol. The van der Waals surface area contributed by atoms with Gasteiger partial charge in [-0.2, -0.15) is 0 Å². The summed E-state index contributed by atoms with van der Waals surface area (Å²) in [4.78, 5) is 25.6. The summed E-state index contributed by atoms with van der Waals surface area (Å²) in [7, 11) is 0. The molecule has 146 valence electrons. The van der Waals surface area contributed by atoms with Gasteiger partial charge in [-0.3, -0.25) is 10.1 Å². The van der Waals surface area contributed by atoms with E-state index in [1.54, 1.807) is 45.9 Å². The molecule has 8 nitrogen and oxygen atoms in total. The van der Waals surface area contributed by atoms with Crippen molar-refractivity contribution in [2.75, 3.05) is 6.61 Å². The molecule has 0 atom stereocenters. The van der Waals surface area contributed by atoms with Crippen molar-refractivity contribution in [1.29, 1.82) is 0 Å². The number of carbonyl (C=O) groups is 1. The molecule has 0 amide bonds. The third kappa shape index (κ3) is 4.98. The van der Waals surface area contributed by atoms with Crippen molar-refractivity contribution in [3.05, 3.63) is 63.5 Å². The molecule has 0 spiro atoms. The lowest BCUT2D eigenvalue weighted by Gasteiger charge is -2.25. The van der Waals surface area contributed by atoms with Crippen LogP contribution in [0.2, 0.25) is 0 Å². The minimum Gasteiger partial charge on any atom is -0.476 e. The van der Waals surface area contributed by atoms with Crippen molar-refractivity contribution >= 4 is 17.3 Å². The first kappa shape index (κ1) is 20.7. The zero-order valence-electron chi connectivity index (χ0n) is 16.0. The molecule has 0 saturated carbocycles. The van der Waals surface area contributed by atoms with Gasteiger partial charge in [0.15, 0.2) is 11.3 Å². The number of benzene rings is 2. The second-order valence-electron chi connectivity index (χ2n) is 6.42. The van der Waals surface area contributed by atoms with E-state index in [-0.39, 0.29) is 23.7 Å². The quantitative estimate of drug-likeness (QED) is 0.290. The summed E-state index contributed by atoms with van der Waals surface area (Å²) >= 11 is 0. The Morgan fingerprint density at radius 3 is 2.50 bits per heavy atom. The zero-order valence-corrected chi connectivity index (χ0v) is 16.0. The van der Waals surface area contributed by atoms with Crippen molar-refractivity contribution in [3.63, 3.8) is 0 Å². The molecule has 0 aromatic heterocycles. The molecule has 2 aromatic carbocycles. The first-order valence-corrected chi connectivity index (χ1v) is 8.48. The molecular weight excluding hydrogens is 364 g/mol. The van der Waals surface area contributed by atoms with Crippen LogP contribution in [0, 0.1) is 23.6 Å². The van der Waals surface area contributed by atoms with Crippen LogP contribution in [0.3, 0.4) is 0 Å². The van der Waals surface area contributed by atoms with Gasteiger partial charge in [0.25, 0.3) is 5.69 Å². The molecule has 8 heteroatoms. The van der Waals surface area contributed by atoms with E-state index in [0.29, 0.717) is 17.1 Å². The molecule has 2 rings (SSSR count). The van der Waals surface area contributed by atoms with Crippen molar-refractivity contribution in [3.8, 4) is 17.2 Å². The van der Waals surface area contributed by atoms with Gasteiger partial charge in [0.05, 0.1) is 24.2 Å². The molecule has 0 saturated heterocycles. The minimum absolute atomic E-state index is 0.108. The molecule has 0 bridgehead atoms. The lowest BCUT2D eigenvalue weighted by Crippen LogP contribution is -2.39. The Morgan fingerprint density at radius 2 is 1.93 bits per heavy atom. The molecule has 2 aromatic rings. The van der Waals surface area contributed by atoms with Gasteiger partial charge in [-0.1, -0.05) is 0 Å². The summed E-state index contributed by atoms with van der Waals surface area (Å²) in [6.45, 7) is 14.0. The van der Waals surface area contributed by atoms with Crippen LogP contribution >= 0.6 is 0 Å². The number of hydrogen-bond acceptors (Lipinski definition) is 6. The van der Waals surface area contributed by atoms with Gasteiger partial charge in [-0.25, -0.2) is 9.64 Å². The second kappa shape index (κ2) is 8.39. The standard InChI is InChI=1S/C20H20N2O6/c1-6-26-19(23)20(3,4)28-18-8-7-16(9-13(18)2)27-17-11-14(21-5)10-15(12-17)22(24)25/h7-12H,6H2,1-4H3. The predicted octanol–water partition coefficient (Wildman–Crippen LogP) is 4.97. The summed E-state index contributed by atoms with van der Waals surface area (Å²) in [5.41, 5.74) is -0.576. The van der Waals surface area contributed by atoms with E-state index in [1.165, 1.54) is 18.2 Å². The number of non-ortho nitro benzene ring substituents is 1. The second-order valence-corrected chi connectivity index (χ2v) is 6.42. The Hall–Kier alpha value is -3.60. The van der Waals surface area contributed by atoms with Gasteiger partial charge >= 0.3 is 5.97 Å². The number of nitro groups is 1. The maximum absolute atomic E-state index is 12.0. The lowest BCUT2D eigenvalue weighted by atomic mass is 10.1. The van der Waals surface area contributed by atoms with Crippen molar-refractivity contribution in [2.24, 2.45) is 0 Å². The van der Waals surface area contributed by atoms with Crippen LogP contribution in [0.25, 0.3) is 4.85 Å². The van der Waals surface area contributed by atoms with E-state index < -0.39 is 16.5 Å². The summed E-state index contributed by atoms with van der Waals surface area (Å²) < 4.78 is 16.5. The molecule has 0 N–H and O–H groups in total. The average molecular weight is 384 g/mol. The number of ether oxygens (including phenoxy) is 3. The molecule has 0 aliphatic rings. The average Bonchev–Trinajstić information content (AvgIpc) is 2.63. The highest BCUT2D eigenvalue weighted by molar-refractivity contribution is 5.79. The van der Waals surface area contributed by atoms with E-state index in [2.05, 4.69) is 4.85 Å². The van der Waals surface area contributed by atoms with Gasteiger partial charge in [0.1, 0.15) is 17.2 Å². The number of rotatable bonds is 7. The summed E-state index contributed by atoms with van der Waals surface area (Å²) in [5, 5.41) is 11.0. The molecule has 0 radical (unpaired) electrons. The maximum atomic E-state index is 12.0. The van der Waals surface area contributed by atoms with Crippen LogP contribution in [0.5, 0.6) is 17.2 Å². The van der Waals surface area contributed by atoms with Crippen LogP contribution < -0.4 is 9.47 Å². The SMILES string of the molecule is [C-]#[N+]c1cc(Oc2ccc(OC(C)(C)C(=O)OCC)c(C)c2)cc([N+](=O)[O-])c1. The first-order chi connectivity index (χ1) is 13.2. The van der Waals surface area contributed by atoms with E-state index in [4.69, 9.17) is 20.8 Å². The molecule has 0 heterocycles. The summed E-state index contributed by atoms with van der Waals surface area (Å²) in [5.74, 6) is 0.597. The number of hydrogen-bond donors (Lipinski definition) is 0. The molecular formula is C20H20N2O6. The normalized spacial score (nSPS) is 10.7. The first-order valence-electron chi connectivity index (χ1n) is 8.48. The Morgan fingerprint density at radius 1 is 1.21 bits per heavy atom. The highest BCUT2D eigenvalue weighted by Gasteiger charge is 2.32. The van der Waals surface area contributed by atoms with Gasteiger partial charge in [-0.15, -0.1) is 0 Å². The topological polar surface area (TPSA) is 92.3 Å². The Balaban J connectivity index is 2.24. The molecule has 0 unspecified atom stereocenters. The van der Waals surface area contributed by atoms with Gasteiger partial charge in [-0.05, 0) is 57.5 Å². The fourth-order valence-corrected chi connectivity index (χ4v) is 2.35. The maximum Gasteiger partial charge on any atom is 0.349 e. The largest absolute Gasteiger partial charge is 0.476 e. The Bertz CT molecular complexity index is 946. The highest BCUT2D eigenvalue weighted by atomic mass is 16.6. The van der Waals surface area contributed by atoms with Crippen LogP contribution in [0.15, 0.2) is 36.4 Å². The summed E-state index contributed by atoms with van der Waals surface area (Å²) in [6.07, 6.45) is 0. The lowest BCUT2D eigenvalue weighted by molar-refractivity contribution is -0.384. The van der Waals surface area contributed by atoms with Crippen molar-refractivity contribution in [1.82, 2.24) is 0 Å². The number of nitro benzene ring substituents is 1. The summed E-state index contributed by atoms with van der Waals surface area (Å²) in [6, 6.07) is 8.77. The number of nitrogens with zero attached hydrogens (tertiary/aromatic N) is 2. The molecule has 0 aliphatic heterocycles. The van der Waals surface area contributed by atoms with Gasteiger partial charge in [0, 0.05) is 6.07 Å². The van der Waals surface area contributed by atoms with Crippen LogP contribution in [-0.2, 0) is 9.53 Å². The zero-order chi connectivity index (χ0) is 20.9. The van der Waals surface area contributed by atoms with Crippen LogP contribution in [0.4, 0.5) is 11.4 Å². The highest BCUT2D eigenvalue weighted by Crippen LogP contribution is 2.33.